The van der Waals surface area contributed by atoms with E-state index in [1.54, 1.807) is 12.1 Å². The van der Waals surface area contributed by atoms with Gasteiger partial charge in [-0.15, -0.1) is 0 Å². The Morgan fingerprint density at radius 1 is 1.28 bits per heavy atom. The Morgan fingerprint density at radius 2 is 2.00 bits per heavy atom. The standard InChI is InChI=1S/C13H15BrN2O2/c14-11-4-2-1-3-10(11)13(18)15-8-7-12(17)16-9-5-6-9/h1-4,9H,5-8H2,(H,15,18)(H,16,17). The number of halogens is 1. The van der Waals surface area contributed by atoms with Crippen LogP contribution in [0.1, 0.15) is 29.6 Å². The molecule has 1 aliphatic carbocycles. The fourth-order valence-corrected chi connectivity index (χ4v) is 2.02. The van der Waals surface area contributed by atoms with Gasteiger partial charge in [0.25, 0.3) is 5.91 Å². The van der Waals surface area contributed by atoms with Crippen LogP contribution < -0.4 is 10.6 Å². The molecule has 0 atom stereocenters. The molecule has 1 aromatic rings. The molecule has 0 saturated heterocycles. The van der Waals surface area contributed by atoms with E-state index in [2.05, 4.69) is 26.6 Å². The van der Waals surface area contributed by atoms with E-state index >= 15 is 0 Å². The molecule has 96 valence electrons. The average Bonchev–Trinajstić information content (AvgIpc) is 3.13. The van der Waals surface area contributed by atoms with Crippen molar-refractivity contribution in [1.29, 1.82) is 0 Å². The van der Waals surface area contributed by atoms with Gasteiger partial charge in [-0.3, -0.25) is 9.59 Å². The van der Waals surface area contributed by atoms with Crippen LogP contribution in [0.15, 0.2) is 28.7 Å². The molecule has 4 nitrogen and oxygen atoms in total. The molecule has 0 unspecified atom stereocenters. The van der Waals surface area contributed by atoms with Crippen molar-refractivity contribution in [2.75, 3.05) is 6.54 Å². The monoisotopic (exact) mass is 310 g/mol. The van der Waals surface area contributed by atoms with E-state index < -0.39 is 0 Å². The van der Waals surface area contributed by atoms with Gasteiger partial charge in [-0.05, 0) is 40.9 Å². The summed E-state index contributed by atoms with van der Waals surface area (Å²) in [6.07, 6.45) is 2.48. The lowest BCUT2D eigenvalue weighted by atomic mass is 10.2. The molecule has 0 aliphatic heterocycles. The Hall–Kier alpha value is -1.36. The van der Waals surface area contributed by atoms with Gasteiger partial charge in [0.15, 0.2) is 0 Å². The van der Waals surface area contributed by atoms with Gasteiger partial charge in [0, 0.05) is 23.5 Å². The van der Waals surface area contributed by atoms with Gasteiger partial charge in [-0.25, -0.2) is 0 Å². The SMILES string of the molecule is O=C(CCNC(=O)c1ccccc1Br)NC1CC1. The lowest BCUT2D eigenvalue weighted by molar-refractivity contribution is -0.121. The fraction of sp³-hybridized carbons (Fsp3) is 0.385. The van der Waals surface area contributed by atoms with Gasteiger partial charge in [-0.1, -0.05) is 12.1 Å². The Labute approximate surface area is 114 Å². The average molecular weight is 311 g/mol. The summed E-state index contributed by atoms with van der Waals surface area (Å²) in [6.45, 7) is 0.360. The highest BCUT2D eigenvalue weighted by atomic mass is 79.9. The van der Waals surface area contributed by atoms with Gasteiger partial charge in [0.05, 0.1) is 5.56 Å². The molecule has 2 rings (SSSR count). The molecule has 1 aliphatic rings. The maximum absolute atomic E-state index is 11.8. The highest BCUT2D eigenvalue weighted by Crippen LogP contribution is 2.18. The van der Waals surface area contributed by atoms with E-state index in [4.69, 9.17) is 0 Å². The lowest BCUT2D eigenvalue weighted by Crippen LogP contribution is -2.31. The van der Waals surface area contributed by atoms with Crippen molar-refractivity contribution in [2.45, 2.75) is 25.3 Å². The minimum Gasteiger partial charge on any atom is -0.353 e. The fourth-order valence-electron chi connectivity index (χ4n) is 1.56. The van der Waals surface area contributed by atoms with Crippen LogP contribution in [0.25, 0.3) is 0 Å². The number of amides is 2. The van der Waals surface area contributed by atoms with Crippen molar-refractivity contribution in [3.63, 3.8) is 0 Å². The van der Waals surface area contributed by atoms with Crippen LogP contribution in [0.5, 0.6) is 0 Å². The first-order valence-electron chi connectivity index (χ1n) is 5.99. The zero-order valence-corrected chi connectivity index (χ0v) is 11.5. The Kier molecular flexibility index (Phi) is 4.36. The topological polar surface area (TPSA) is 58.2 Å². The zero-order chi connectivity index (χ0) is 13.0. The van der Waals surface area contributed by atoms with Crippen LogP contribution in [-0.2, 0) is 4.79 Å². The minimum atomic E-state index is -0.165. The van der Waals surface area contributed by atoms with E-state index in [1.165, 1.54) is 0 Å². The summed E-state index contributed by atoms with van der Waals surface area (Å²) in [5, 5.41) is 5.61. The number of hydrogen-bond acceptors (Lipinski definition) is 2. The van der Waals surface area contributed by atoms with Crippen LogP contribution in [0.4, 0.5) is 0 Å². The van der Waals surface area contributed by atoms with Crippen LogP contribution in [-0.4, -0.2) is 24.4 Å². The molecule has 2 N–H and O–H groups in total. The molecule has 1 aromatic carbocycles. The minimum absolute atomic E-state index is 0.00456. The lowest BCUT2D eigenvalue weighted by Gasteiger charge is -2.07. The molecule has 1 fully saturated rings. The first-order valence-corrected chi connectivity index (χ1v) is 6.78. The summed E-state index contributed by atoms with van der Waals surface area (Å²) in [6, 6.07) is 7.58. The largest absolute Gasteiger partial charge is 0.353 e. The summed E-state index contributed by atoms with van der Waals surface area (Å²) in [5.74, 6) is -0.161. The van der Waals surface area contributed by atoms with Crippen molar-refractivity contribution < 1.29 is 9.59 Å². The molecule has 0 spiro atoms. The van der Waals surface area contributed by atoms with Gasteiger partial charge in [0.2, 0.25) is 5.91 Å². The molecule has 0 radical (unpaired) electrons. The number of benzene rings is 1. The summed E-state index contributed by atoms with van der Waals surface area (Å²) >= 11 is 3.32. The maximum Gasteiger partial charge on any atom is 0.252 e. The summed E-state index contributed by atoms with van der Waals surface area (Å²) in [7, 11) is 0. The van der Waals surface area contributed by atoms with E-state index in [0.29, 0.717) is 24.6 Å². The highest BCUT2D eigenvalue weighted by molar-refractivity contribution is 9.10. The summed E-state index contributed by atoms with van der Waals surface area (Å²) in [4.78, 5) is 23.2. The van der Waals surface area contributed by atoms with Crippen LogP contribution >= 0.6 is 15.9 Å². The van der Waals surface area contributed by atoms with E-state index in [0.717, 1.165) is 17.3 Å². The van der Waals surface area contributed by atoms with Crippen LogP contribution in [0, 0.1) is 0 Å². The first-order chi connectivity index (χ1) is 8.66. The van der Waals surface area contributed by atoms with E-state index in [9.17, 15) is 9.59 Å². The second kappa shape index (κ2) is 6.00. The van der Waals surface area contributed by atoms with E-state index in [1.807, 2.05) is 12.1 Å². The Morgan fingerprint density at radius 3 is 2.67 bits per heavy atom. The van der Waals surface area contributed by atoms with Gasteiger partial charge < -0.3 is 10.6 Å². The van der Waals surface area contributed by atoms with E-state index in [-0.39, 0.29) is 11.8 Å². The molecule has 1 saturated carbocycles. The molecule has 0 aromatic heterocycles. The molecular formula is C13H15BrN2O2. The molecule has 5 heteroatoms. The first kappa shape index (κ1) is 13.1. The van der Waals surface area contributed by atoms with Crippen molar-refractivity contribution in [3.05, 3.63) is 34.3 Å². The number of carbonyl (C=O) groups excluding carboxylic acids is 2. The maximum atomic E-state index is 11.8. The number of nitrogens with one attached hydrogen (secondary N) is 2. The van der Waals surface area contributed by atoms with Crippen LogP contribution in [0.2, 0.25) is 0 Å². The van der Waals surface area contributed by atoms with Crippen molar-refractivity contribution in [3.8, 4) is 0 Å². The second-order valence-corrected chi connectivity index (χ2v) is 5.18. The third-order valence-corrected chi connectivity index (χ3v) is 3.39. The number of rotatable bonds is 5. The molecule has 0 bridgehead atoms. The predicted octanol–water partition coefficient (Wildman–Crippen LogP) is 1.85. The van der Waals surface area contributed by atoms with Gasteiger partial charge in [0.1, 0.15) is 0 Å². The summed E-state index contributed by atoms with van der Waals surface area (Å²) < 4.78 is 0.755. The number of carbonyl (C=O) groups is 2. The third kappa shape index (κ3) is 3.84. The van der Waals surface area contributed by atoms with Gasteiger partial charge >= 0.3 is 0 Å². The van der Waals surface area contributed by atoms with Crippen molar-refractivity contribution >= 4 is 27.7 Å². The molecule has 18 heavy (non-hydrogen) atoms. The third-order valence-electron chi connectivity index (χ3n) is 2.70. The summed E-state index contributed by atoms with van der Waals surface area (Å²) in [5.41, 5.74) is 0.583. The second-order valence-electron chi connectivity index (χ2n) is 4.33. The molecular weight excluding hydrogens is 296 g/mol. The molecule has 2 amide bonds. The number of hydrogen-bond donors (Lipinski definition) is 2. The Balaban J connectivity index is 1.74. The Bertz CT molecular complexity index is 458. The predicted molar refractivity (Wildman–Crippen MR) is 72.3 cm³/mol. The molecule has 0 heterocycles. The smallest absolute Gasteiger partial charge is 0.252 e. The zero-order valence-electron chi connectivity index (χ0n) is 9.91. The quantitative estimate of drug-likeness (QED) is 0.872. The van der Waals surface area contributed by atoms with Crippen LogP contribution in [0.3, 0.4) is 0 Å². The van der Waals surface area contributed by atoms with Crippen molar-refractivity contribution in [1.82, 2.24) is 10.6 Å². The van der Waals surface area contributed by atoms with Crippen molar-refractivity contribution in [2.24, 2.45) is 0 Å². The van der Waals surface area contributed by atoms with Gasteiger partial charge in [-0.2, -0.15) is 0 Å². The normalized spacial score (nSPS) is 14.1. The highest BCUT2D eigenvalue weighted by Gasteiger charge is 2.22.